The van der Waals surface area contributed by atoms with Gasteiger partial charge in [0.2, 0.25) is 0 Å². The molecule has 0 aromatic heterocycles. The van der Waals surface area contributed by atoms with E-state index in [9.17, 15) is 18.4 Å². The first-order valence-electron chi connectivity index (χ1n) is 4.76. The van der Waals surface area contributed by atoms with E-state index in [1.165, 1.54) is 0 Å². The molecule has 0 aliphatic heterocycles. The lowest BCUT2D eigenvalue weighted by molar-refractivity contribution is -0.143. The Balaban J connectivity index is 3.07. The number of halogens is 2. The van der Waals surface area contributed by atoms with Crippen LogP contribution in [0, 0.1) is 11.6 Å². The van der Waals surface area contributed by atoms with Crippen molar-refractivity contribution in [2.75, 3.05) is 20.8 Å². The SMILES string of the molecule is COC(=O)COc1c(F)cc(F)cc1C(=O)OC. The number of ether oxygens (including phenoxy) is 3. The summed E-state index contributed by atoms with van der Waals surface area (Å²) in [6, 6.07) is 1.28. The minimum absolute atomic E-state index is 0.445. The Bertz CT molecular complexity index is 473. The van der Waals surface area contributed by atoms with Crippen LogP contribution in [0.1, 0.15) is 10.4 Å². The maximum Gasteiger partial charge on any atom is 0.343 e. The van der Waals surface area contributed by atoms with Crippen molar-refractivity contribution in [2.45, 2.75) is 0 Å². The first-order chi connectivity index (χ1) is 8.49. The van der Waals surface area contributed by atoms with Crippen molar-refractivity contribution in [3.8, 4) is 5.75 Å². The molecular weight excluding hydrogens is 250 g/mol. The van der Waals surface area contributed by atoms with Crippen LogP contribution >= 0.6 is 0 Å². The highest BCUT2D eigenvalue weighted by molar-refractivity contribution is 5.92. The summed E-state index contributed by atoms with van der Waals surface area (Å²) in [5, 5.41) is 0. The molecule has 0 amide bonds. The molecule has 98 valence electrons. The Morgan fingerprint density at radius 2 is 1.83 bits per heavy atom. The second kappa shape index (κ2) is 5.95. The molecule has 5 nitrogen and oxygen atoms in total. The van der Waals surface area contributed by atoms with E-state index in [4.69, 9.17) is 4.74 Å². The number of hydrogen-bond acceptors (Lipinski definition) is 5. The number of carbonyl (C=O) groups excluding carboxylic acids is 2. The summed E-state index contributed by atoms with van der Waals surface area (Å²) in [7, 11) is 2.17. The van der Waals surface area contributed by atoms with E-state index in [1.54, 1.807) is 0 Å². The van der Waals surface area contributed by atoms with Crippen molar-refractivity contribution >= 4 is 11.9 Å². The lowest BCUT2D eigenvalue weighted by atomic mass is 10.2. The van der Waals surface area contributed by atoms with Crippen LogP contribution in [0.4, 0.5) is 8.78 Å². The number of hydrogen-bond donors (Lipinski definition) is 0. The fourth-order valence-corrected chi connectivity index (χ4v) is 1.16. The number of rotatable bonds is 4. The average molecular weight is 260 g/mol. The zero-order valence-electron chi connectivity index (χ0n) is 9.66. The van der Waals surface area contributed by atoms with Gasteiger partial charge in [-0.2, -0.15) is 0 Å². The van der Waals surface area contributed by atoms with Crippen molar-refractivity contribution in [3.05, 3.63) is 29.3 Å². The van der Waals surface area contributed by atoms with Gasteiger partial charge < -0.3 is 14.2 Å². The van der Waals surface area contributed by atoms with Gasteiger partial charge in [-0.1, -0.05) is 0 Å². The van der Waals surface area contributed by atoms with Gasteiger partial charge in [-0.3, -0.25) is 0 Å². The molecule has 0 spiro atoms. The molecule has 0 fully saturated rings. The van der Waals surface area contributed by atoms with Gasteiger partial charge in [0.1, 0.15) is 11.4 Å². The van der Waals surface area contributed by atoms with Gasteiger partial charge in [-0.25, -0.2) is 18.4 Å². The topological polar surface area (TPSA) is 61.8 Å². The van der Waals surface area contributed by atoms with Crippen LogP contribution in [0.3, 0.4) is 0 Å². The Kier molecular flexibility index (Phi) is 4.59. The molecule has 7 heteroatoms. The largest absolute Gasteiger partial charge is 0.478 e. The number of carbonyl (C=O) groups is 2. The van der Waals surface area contributed by atoms with E-state index in [0.717, 1.165) is 20.3 Å². The smallest absolute Gasteiger partial charge is 0.343 e. The predicted molar refractivity (Wildman–Crippen MR) is 55.2 cm³/mol. The highest BCUT2D eigenvalue weighted by Gasteiger charge is 2.20. The van der Waals surface area contributed by atoms with Gasteiger partial charge in [0.05, 0.1) is 14.2 Å². The molecule has 0 heterocycles. The van der Waals surface area contributed by atoms with Crippen LogP contribution in [0.5, 0.6) is 5.75 Å². The maximum atomic E-state index is 13.4. The van der Waals surface area contributed by atoms with Crippen LogP contribution in [0.2, 0.25) is 0 Å². The van der Waals surface area contributed by atoms with E-state index in [-0.39, 0.29) is 0 Å². The molecule has 0 bridgehead atoms. The van der Waals surface area contributed by atoms with E-state index in [2.05, 4.69) is 9.47 Å². The summed E-state index contributed by atoms with van der Waals surface area (Å²) in [6.45, 7) is -0.608. The molecular formula is C11H10F2O5. The zero-order valence-corrected chi connectivity index (χ0v) is 9.66. The van der Waals surface area contributed by atoms with Gasteiger partial charge in [-0.05, 0) is 6.07 Å². The Labute approximate surface area is 101 Å². The second-order valence-electron chi connectivity index (χ2n) is 3.12. The summed E-state index contributed by atoms with van der Waals surface area (Å²) >= 11 is 0. The highest BCUT2D eigenvalue weighted by Crippen LogP contribution is 2.25. The average Bonchev–Trinajstić information content (AvgIpc) is 2.35. The highest BCUT2D eigenvalue weighted by atomic mass is 19.1. The molecule has 0 aliphatic rings. The Morgan fingerprint density at radius 1 is 1.17 bits per heavy atom. The maximum absolute atomic E-state index is 13.4. The first-order valence-corrected chi connectivity index (χ1v) is 4.76. The van der Waals surface area contributed by atoms with Crippen LogP contribution in [-0.2, 0) is 14.3 Å². The zero-order chi connectivity index (χ0) is 13.7. The van der Waals surface area contributed by atoms with Crippen molar-refractivity contribution < 1.29 is 32.6 Å². The molecule has 0 N–H and O–H groups in total. The summed E-state index contributed by atoms with van der Waals surface area (Å²) in [4.78, 5) is 22.2. The molecule has 0 radical (unpaired) electrons. The molecule has 0 unspecified atom stereocenters. The molecule has 1 rings (SSSR count). The van der Waals surface area contributed by atoms with Crippen LogP contribution in [0.15, 0.2) is 12.1 Å². The summed E-state index contributed by atoms with van der Waals surface area (Å²) in [5.41, 5.74) is -0.445. The molecule has 0 aliphatic carbocycles. The minimum Gasteiger partial charge on any atom is -0.478 e. The van der Waals surface area contributed by atoms with Gasteiger partial charge >= 0.3 is 11.9 Å². The molecule has 1 aromatic rings. The Hall–Kier alpha value is -2.18. The minimum atomic E-state index is -1.11. The summed E-state index contributed by atoms with van der Waals surface area (Å²) in [5.74, 6) is -4.38. The van der Waals surface area contributed by atoms with Crippen LogP contribution in [-0.4, -0.2) is 32.8 Å². The normalized spacial score (nSPS) is 9.78. The van der Waals surface area contributed by atoms with Gasteiger partial charge in [-0.15, -0.1) is 0 Å². The first kappa shape index (κ1) is 13.9. The van der Waals surface area contributed by atoms with Crippen LogP contribution < -0.4 is 4.74 Å². The molecule has 1 aromatic carbocycles. The van der Waals surface area contributed by atoms with Crippen molar-refractivity contribution in [1.82, 2.24) is 0 Å². The van der Waals surface area contributed by atoms with Crippen molar-refractivity contribution in [3.63, 3.8) is 0 Å². The lowest BCUT2D eigenvalue weighted by Gasteiger charge is -2.10. The molecule has 0 saturated heterocycles. The second-order valence-corrected chi connectivity index (χ2v) is 3.12. The van der Waals surface area contributed by atoms with E-state index >= 15 is 0 Å². The third-order valence-corrected chi connectivity index (χ3v) is 1.98. The quantitative estimate of drug-likeness (QED) is 0.764. The van der Waals surface area contributed by atoms with E-state index in [0.29, 0.717) is 6.07 Å². The van der Waals surface area contributed by atoms with Gasteiger partial charge in [0.25, 0.3) is 0 Å². The van der Waals surface area contributed by atoms with E-state index in [1.807, 2.05) is 0 Å². The third kappa shape index (κ3) is 3.16. The fourth-order valence-electron chi connectivity index (χ4n) is 1.16. The lowest BCUT2D eigenvalue weighted by Crippen LogP contribution is -2.16. The van der Waals surface area contributed by atoms with Gasteiger partial charge in [0, 0.05) is 6.07 Å². The van der Waals surface area contributed by atoms with Crippen LogP contribution in [0.25, 0.3) is 0 Å². The predicted octanol–water partition coefficient (Wildman–Crippen LogP) is 1.30. The fraction of sp³-hybridized carbons (Fsp3) is 0.273. The number of benzene rings is 1. The summed E-state index contributed by atoms with van der Waals surface area (Å²) < 4.78 is 39.8. The molecule has 18 heavy (non-hydrogen) atoms. The van der Waals surface area contributed by atoms with Crippen molar-refractivity contribution in [2.24, 2.45) is 0 Å². The third-order valence-electron chi connectivity index (χ3n) is 1.98. The standard InChI is InChI=1S/C11H10F2O5/c1-16-9(14)5-18-10-7(11(15)17-2)3-6(12)4-8(10)13/h3-4H,5H2,1-2H3. The summed E-state index contributed by atoms with van der Waals surface area (Å²) in [6.07, 6.45) is 0. The molecule has 0 atom stereocenters. The van der Waals surface area contributed by atoms with Crippen molar-refractivity contribution in [1.29, 1.82) is 0 Å². The van der Waals surface area contributed by atoms with E-state index < -0.39 is 41.5 Å². The number of esters is 2. The monoisotopic (exact) mass is 260 g/mol. The Morgan fingerprint density at radius 3 is 2.39 bits per heavy atom. The number of methoxy groups -OCH3 is 2. The van der Waals surface area contributed by atoms with Gasteiger partial charge in [0.15, 0.2) is 18.2 Å². The molecule has 0 saturated carbocycles.